The summed E-state index contributed by atoms with van der Waals surface area (Å²) in [5.41, 5.74) is 3.54. The number of amides is 1. The summed E-state index contributed by atoms with van der Waals surface area (Å²) in [6.07, 6.45) is 5.16. The summed E-state index contributed by atoms with van der Waals surface area (Å²) in [4.78, 5) is 22.7. The van der Waals surface area contributed by atoms with E-state index in [-0.39, 0.29) is 24.5 Å². The summed E-state index contributed by atoms with van der Waals surface area (Å²) in [6, 6.07) is 12.6. The maximum absolute atomic E-state index is 13.5. The molecule has 3 unspecified atom stereocenters. The van der Waals surface area contributed by atoms with Crippen LogP contribution in [-0.4, -0.2) is 46.5 Å². The van der Waals surface area contributed by atoms with Crippen molar-refractivity contribution in [3.63, 3.8) is 0 Å². The van der Waals surface area contributed by atoms with Gasteiger partial charge < -0.3 is 24.5 Å². The number of ether oxygens (including phenoxy) is 2. The van der Waals surface area contributed by atoms with Crippen molar-refractivity contribution in [2.45, 2.75) is 51.9 Å². The number of aliphatic imine (C=N–C) groups is 1. The molecule has 0 fully saturated rings. The second-order valence-electron chi connectivity index (χ2n) is 9.26. The molecule has 2 N–H and O–H groups in total. The molecule has 1 aromatic heterocycles. The molecule has 2 aromatic carbocycles. The van der Waals surface area contributed by atoms with Crippen molar-refractivity contribution >= 4 is 11.6 Å². The highest BCUT2D eigenvalue weighted by Crippen LogP contribution is 2.29. The molecular formula is C28H34N4O4. The first-order chi connectivity index (χ1) is 17.4. The van der Waals surface area contributed by atoms with Crippen LogP contribution < -0.4 is 14.8 Å². The number of benzene rings is 2. The average Bonchev–Trinajstić information content (AvgIpc) is 3.31. The van der Waals surface area contributed by atoms with Gasteiger partial charge >= 0.3 is 0 Å². The first-order valence-electron chi connectivity index (χ1n) is 12.2. The third-order valence-corrected chi connectivity index (χ3v) is 6.71. The summed E-state index contributed by atoms with van der Waals surface area (Å²) in [5, 5.41) is 12.7. The van der Waals surface area contributed by atoms with Crippen LogP contribution in [0.5, 0.6) is 11.5 Å². The number of methoxy groups -OCH3 is 2. The molecule has 0 spiro atoms. The van der Waals surface area contributed by atoms with E-state index in [0.29, 0.717) is 17.9 Å². The van der Waals surface area contributed by atoms with E-state index >= 15 is 0 Å². The Morgan fingerprint density at radius 1 is 1.19 bits per heavy atom. The predicted molar refractivity (Wildman–Crippen MR) is 138 cm³/mol. The predicted octanol–water partition coefficient (Wildman–Crippen LogP) is 3.85. The Hall–Kier alpha value is -3.65. The van der Waals surface area contributed by atoms with E-state index in [1.54, 1.807) is 26.5 Å². The van der Waals surface area contributed by atoms with E-state index < -0.39 is 6.04 Å². The van der Waals surface area contributed by atoms with Crippen LogP contribution in [0.3, 0.4) is 0 Å². The lowest BCUT2D eigenvalue weighted by atomic mass is 9.87. The number of nitrogens with one attached hydrogen (secondary N) is 1. The number of imidazole rings is 1. The Morgan fingerprint density at radius 2 is 1.94 bits per heavy atom. The largest absolute Gasteiger partial charge is 0.497 e. The molecule has 8 nitrogen and oxygen atoms in total. The van der Waals surface area contributed by atoms with Crippen molar-refractivity contribution in [1.82, 2.24) is 14.9 Å². The van der Waals surface area contributed by atoms with Gasteiger partial charge in [0.15, 0.2) is 0 Å². The zero-order valence-corrected chi connectivity index (χ0v) is 21.3. The monoisotopic (exact) mass is 490 g/mol. The zero-order valence-electron chi connectivity index (χ0n) is 21.3. The van der Waals surface area contributed by atoms with Crippen LogP contribution in [-0.2, 0) is 17.9 Å². The van der Waals surface area contributed by atoms with E-state index in [0.717, 1.165) is 41.2 Å². The number of aryl methyl sites for hydroxylation is 1. The van der Waals surface area contributed by atoms with Crippen molar-refractivity contribution in [2.75, 3.05) is 14.2 Å². The van der Waals surface area contributed by atoms with Gasteiger partial charge in [-0.3, -0.25) is 9.79 Å². The van der Waals surface area contributed by atoms with E-state index in [2.05, 4.69) is 14.9 Å². The first kappa shape index (κ1) is 25.4. The van der Waals surface area contributed by atoms with E-state index in [4.69, 9.17) is 14.5 Å². The lowest BCUT2D eigenvalue weighted by Crippen LogP contribution is -2.40. The standard InChI is InChI=1S/C28H34N4O4/c1-18(23-13-24(35-3)15-25(14-23)36-4)30-28(34)27-12-21(16-32-9-8-29-19(32)2)11-26(31-27)22-7-5-6-20(10-22)17-33/h5-10,13-15,18,21,27,33H,11-12,16-17H2,1-4H3,(H,30,34). The van der Waals surface area contributed by atoms with E-state index in [1.165, 1.54) is 0 Å². The summed E-state index contributed by atoms with van der Waals surface area (Å²) >= 11 is 0. The second kappa shape index (κ2) is 11.4. The number of hydrogen-bond acceptors (Lipinski definition) is 6. The lowest BCUT2D eigenvalue weighted by molar-refractivity contribution is -0.123. The van der Waals surface area contributed by atoms with Gasteiger partial charge in [0.2, 0.25) is 5.91 Å². The Labute approximate surface area is 212 Å². The normalized spacial score (nSPS) is 18.3. The summed E-state index contributed by atoms with van der Waals surface area (Å²) < 4.78 is 12.9. The molecule has 1 aliphatic heterocycles. The molecule has 8 heteroatoms. The molecule has 0 saturated carbocycles. The molecule has 3 aromatic rings. The number of aliphatic hydroxyl groups is 1. The van der Waals surface area contributed by atoms with Crippen molar-refractivity contribution in [2.24, 2.45) is 10.9 Å². The molecule has 0 bridgehead atoms. The molecule has 0 radical (unpaired) electrons. The fraction of sp³-hybridized carbons (Fsp3) is 0.393. The molecule has 0 saturated heterocycles. The molecule has 1 aliphatic rings. The van der Waals surface area contributed by atoms with Gasteiger partial charge in [-0.1, -0.05) is 18.2 Å². The van der Waals surface area contributed by atoms with Gasteiger partial charge in [0.25, 0.3) is 0 Å². The smallest absolute Gasteiger partial charge is 0.245 e. The van der Waals surface area contributed by atoms with Crippen molar-refractivity contribution < 1.29 is 19.4 Å². The van der Waals surface area contributed by atoms with Gasteiger partial charge in [-0.2, -0.15) is 0 Å². The topological polar surface area (TPSA) is 98.0 Å². The van der Waals surface area contributed by atoms with Gasteiger partial charge in [0, 0.05) is 30.7 Å². The summed E-state index contributed by atoms with van der Waals surface area (Å²) in [5.74, 6) is 2.38. The van der Waals surface area contributed by atoms with Crippen LogP contribution in [0, 0.1) is 12.8 Å². The van der Waals surface area contributed by atoms with Crippen molar-refractivity contribution in [3.8, 4) is 11.5 Å². The van der Waals surface area contributed by atoms with Gasteiger partial charge in [0.1, 0.15) is 23.4 Å². The number of aliphatic hydroxyl groups excluding tert-OH is 1. The summed E-state index contributed by atoms with van der Waals surface area (Å²) in [6.45, 7) is 4.65. The molecular weight excluding hydrogens is 456 g/mol. The van der Waals surface area contributed by atoms with Gasteiger partial charge in [-0.15, -0.1) is 0 Å². The fourth-order valence-electron chi connectivity index (χ4n) is 4.66. The number of nitrogens with zero attached hydrogens (tertiary/aromatic N) is 3. The Morgan fingerprint density at radius 3 is 2.58 bits per heavy atom. The minimum atomic E-state index is -0.518. The highest BCUT2D eigenvalue weighted by Gasteiger charge is 2.30. The van der Waals surface area contributed by atoms with E-state index in [9.17, 15) is 9.90 Å². The van der Waals surface area contributed by atoms with Crippen LogP contribution >= 0.6 is 0 Å². The van der Waals surface area contributed by atoms with Gasteiger partial charge in [-0.25, -0.2) is 4.98 Å². The minimum absolute atomic E-state index is 0.0375. The number of aromatic nitrogens is 2. The third-order valence-electron chi connectivity index (χ3n) is 6.71. The lowest BCUT2D eigenvalue weighted by Gasteiger charge is -2.29. The molecule has 4 rings (SSSR count). The first-order valence-corrected chi connectivity index (χ1v) is 12.2. The van der Waals surface area contributed by atoms with Crippen LogP contribution in [0.25, 0.3) is 0 Å². The molecule has 3 atom stereocenters. The highest BCUT2D eigenvalue weighted by molar-refractivity contribution is 6.03. The van der Waals surface area contributed by atoms with E-state index in [1.807, 2.05) is 56.4 Å². The number of rotatable bonds is 9. The Bertz CT molecular complexity index is 1210. The summed E-state index contributed by atoms with van der Waals surface area (Å²) in [7, 11) is 3.21. The molecule has 1 amide bonds. The second-order valence-corrected chi connectivity index (χ2v) is 9.26. The molecule has 2 heterocycles. The Balaban J connectivity index is 1.58. The van der Waals surface area contributed by atoms with Crippen LogP contribution in [0.1, 0.15) is 48.3 Å². The molecule has 190 valence electrons. The highest BCUT2D eigenvalue weighted by atomic mass is 16.5. The number of carbonyl (C=O) groups excluding carboxylic acids is 1. The SMILES string of the molecule is COc1cc(OC)cc(C(C)NC(=O)C2CC(Cn3ccnc3C)CC(c3cccc(CO)c3)=N2)c1. The van der Waals surface area contributed by atoms with Crippen LogP contribution in [0.4, 0.5) is 0 Å². The van der Waals surface area contributed by atoms with Gasteiger partial charge in [-0.05, 0) is 67.5 Å². The maximum atomic E-state index is 13.5. The fourth-order valence-corrected chi connectivity index (χ4v) is 4.66. The minimum Gasteiger partial charge on any atom is -0.497 e. The average molecular weight is 491 g/mol. The number of carbonyl (C=O) groups is 1. The maximum Gasteiger partial charge on any atom is 0.245 e. The molecule has 0 aliphatic carbocycles. The number of hydrogen-bond donors (Lipinski definition) is 2. The zero-order chi connectivity index (χ0) is 25.7. The third kappa shape index (κ3) is 5.94. The molecule has 36 heavy (non-hydrogen) atoms. The van der Waals surface area contributed by atoms with Gasteiger partial charge in [0.05, 0.1) is 26.9 Å². The quantitative estimate of drug-likeness (QED) is 0.475. The van der Waals surface area contributed by atoms with Crippen LogP contribution in [0.2, 0.25) is 0 Å². The van der Waals surface area contributed by atoms with Crippen LogP contribution in [0.15, 0.2) is 59.9 Å². The van der Waals surface area contributed by atoms with Crippen molar-refractivity contribution in [3.05, 3.63) is 77.4 Å². The Kier molecular flexibility index (Phi) is 8.05. The van der Waals surface area contributed by atoms with Crippen molar-refractivity contribution in [1.29, 1.82) is 0 Å².